The van der Waals surface area contributed by atoms with Crippen molar-refractivity contribution >= 4 is 45.0 Å². The number of fused-ring (bicyclic) bond motifs is 3. The van der Waals surface area contributed by atoms with E-state index in [1.165, 1.54) is 23.4 Å². The lowest BCUT2D eigenvalue weighted by atomic mass is 10.0. The number of amides is 1. The highest BCUT2D eigenvalue weighted by Crippen LogP contribution is 2.37. The molecule has 0 aliphatic rings. The van der Waals surface area contributed by atoms with Crippen LogP contribution in [0.2, 0.25) is 5.02 Å². The monoisotopic (exact) mass is 408 g/mol. The van der Waals surface area contributed by atoms with E-state index < -0.39 is 4.92 Å². The number of hydrogen-bond acceptors (Lipinski definition) is 7. The second-order valence-corrected chi connectivity index (χ2v) is 6.85. The number of benzene rings is 2. The molecule has 2 heterocycles. The summed E-state index contributed by atoms with van der Waals surface area (Å²) < 4.78 is 0. The highest BCUT2D eigenvalue weighted by molar-refractivity contribution is 6.33. The number of nitrogens with zero attached hydrogens (tertiary/aromatic N) is 6. The van der Waals surface area contributed by atoms with Crippen molar-refractivity contribution in [2.45, 2.75) is 0 Å². The zero-order valence-electron chi connectivity index (χ0n) is 15.3. The summed E-state index contributed by atoms with van der Waals surface area (Å²) in [5.74, 6) is -0.365. The number of halogens is 1. The fraction of sp³-hybridized carbons (Fsp3) is 0.105. The number of carbonyl (C=O) groups excluding carboxylic acids is 1. The van der Waals surface area contributed by atoms with Gasteiger partial charge in [0, 0.05) is 36.1 Å². The van der Waals surface area contributed by atoms with Crippen molar-refractivity contribution in [3.05, 3.63) is 63.6 Å². The number of non-ortho nitro benzene ring substituents is 1. The molecule has 9 nitrogen and oxygen atoms in total. The maximum atomic E-state index is 12.6. The van der Waals surface area contributed by atoms with Crippen molar-refractivity contribution in [2.24, 2.45) is 0 Å². The van der Waals surface area contributed by atoms with Crippen LogP contribution in [0.5, 0.6) is 0 Å². The van der Waals surface area contributed by atoms with Gasteiger partial charge in [0.1, 0.15) is 5.69 Å². The van der Waals surface area contributed by atoms with E-state index in [-0.39, 0.29) is 22.8 Å². The molecule has 144 valence electrons. The Balaban J connectivity index is 2.22. The van der Waals surface area contributed by atoms with Crippen LogP contribution in [-0.2, 0) is 0 Å². The number of hydrogen-bond donors (Lipinski definition) is 0. The third-order valence-electron chi connectivity index (χ3n) is 4.39. The molecule has 0 aliphatic carbocycles. The molecule has 0 bridgehead atoms. The van der Waals surface area contributed by atoms with Crippen LogP contribution in [0.1, 0.15) is 10.5 Å². The van der Waals surface area contributed by atoms with Crippen molar-refractivity contribution < 1.29 is 9.72 Å². The van der Waals surface area contributed by atoms with Crippen LogP contribution in [0.15, 0.2) is 42.7 Å². The van der Waals surface area contributed by atoms with Crippen molar-refractivity contribution in [1.82, 2.24) is 25.1 Å². The van der Waals surface area contributed by atoms with Crippen molar-refractivity contribution in [2.75, 3.05) is 14.1 Å². The van der Waals surface area contributed by atoms with E-state index in [0.717, 1.165) is 0 Å². The van der Waals surface area contributed by atoms with Crippen molar-refractivity contribution in [3.63, 3.8) is 0 Å². The van der Waals surface area contributed by atoms with Gasteiger partial charge < -0.3 is 4.90 Å². The van der Waals surface area contributed by atoms with E-state index >= 15 is 0 Å². The Kier molecular flexibility index (Phi) is 4.51. The van der Waals surface area contributed by atoms with Gasteiger partial charge in [0.2, 0.25) is 0 Å². The Morgan fingerprint density at radius 3 is 2.59 bits per heavy atom. The predicted molar refractivity (Wildman–Crippen MR) is 108 cm³/mol. The van der Waals surface area contributed by atoms with Crippen LogP contribution in [-0.4, -0.2) is 50.0 Å². The summed E-state index contributed by atoms with van der Waals surface area (Å²) in [6, 6.07) is 8.27. The Morgan fingerprint density at radius 2 is 1.90 bits per heavy atom. The molecule has 0 saturated heterocycles. The standard InChI is InChI=1S/C19H13ClN6O3/c1-25(2)19(27)14-9-21-16-11(17(23-14)10-5-3-4-6-13(10)20)7-15(26(28)29)18-12(16)8-22-24-18/h3-9H,1-2H3. The number of nitro groups is 1. The quantitative estimate of drug-likeness (QED) is 0.376. The zero-order valence-corrected chi connectivity index (χ0v) is 16.1. The van der Waals surface area contributed by atoms with Gasteiger partial charge in [-0.15, -0.1) is 5.10 Å². The maximum absolute atomic E-state index is 12.6. The van der Waals surface area contributed by atoms with E-state index in [9.17, 15) is 14.9 Å². The molecule has 0 unspecified atom stereocenters. The Bertz CT molecular complexity index is 1310. The summed E-state index contributed by atoms with van der Waals surface area (Å²) in [4.78, 5) is 33.9. The molecule has 2 aromatic heterocycles. The molecule has 29 heavy (non-hydrogen) atoms. The fourth-order valence-electron chi connectivity index (χ4n) is 3.03. The molecule has 0 saturated carbocycles. The summed E-state index contributed by atoms with van der Waals surface area (Å²) in [7, 11) is 3.19. The SMILES string of the molecule is CN(C)C(=O)c1cnc2c(cc([N+](=O)[O-])c3nncc32)c(-c2ccccc2Cl)n1. The van der Waals surface area contributed by atoms with E-state index in [4.69, 9.17) is 11.6 Å². The Labute approximate surface area is 169 Å². The lowest BCUT2D eigenvalue weighted by Crippen LogP contribution is -2.22. The number of carbonyl (C=O) groups is 1. The normalized spacial score (nSPS) is 11.0. The average Bonchev–Trinajstić information content (AvgIpc) is 3.10. The first kappa shape index (κ1) is 18.6. The largest absolute Gasteiger partial charge is 0.343 e. The summed E-state index contributed by atoms with van der Waals surface area (Å²) in [5.41, 5.74) is 1.17. The summed E-state index contributed by atoms with van der Waals surface area (Å²) in [6.45, 7) is 0. The van der Waals surface area contributed by atoms with E-state index in [0.29, 0.717) is 32.6 Å². The first-order chi connectivity index (χ1) is 13.9. The minimum absolute atomic E-state index is 0.0735. The van der Waals surface area contributed by atoms with Crippen LogP contribution in [0, 0.1) is 10.1 Å². The highest BCUT2D eigenvalue weighted by Gasteiger charge is 2.23. The zero-order chi connectivity index (χ0) is 20.7. The van der Waals surface area contributed by atoms with Gasteiger partial charge in [0.15, 0.2) is 5.52 Å². The maximum Gasteiger partial charge on any atom is 0.298 e. The third-order valence-corrected chi connectivity index (χ3v) is 4.72. The summed E-state index contributed by atoms with van der Waals surface area (Å²) in [5, 5.41) is 20.4. The van der Waals surface area contributed by atoms with Gasteiger partial charge in [-0.2, -0.15) is 5.10 Å². The van der Waals surface area contributed by atoms with Crippen LogP contribution >= 0.6 is 11.6 Å². The molecule has 4 aromatic rings. The molecule has 10 heteroatoms. The molecule has 0 N–H and O–H groups in total. The number of aromatic nitrogens is 4. The number of nitro benzene ring substituents is 1. The topological polar surface area (TPSA) is 115 Å². The van der Waals surface area contributed by atoms with Gasteiger partial charge in [-0.3, -0.25) is 19.9 Å². The fourth-order valence-corrected chi connectivity index (χ4v) is 3.25. The van der Waals surface area contributed by atoms with Gasteiger partial charge in [-0.05, 0) is 6.07 Å². The lowest BCUT2D eigenvalue weighted by Gasteiger charge is -2.09. The molecular formula is C19H13ClN6O3. The van der Waals surface area contributed by atoms with Gasteiger partial charge >= 0.3 is 0 Å². The molecule has 2 aromatic carbocycles. The number of rotatable bonds is 3. The van der Waals surface area contributed by atoms with Gasteiger partial charge in [0.05, 0.1) is 33.9 Å². The van der Waals surface area contributed by atoms with Crippen molar-refractivity contribution in [3.8, 4) is 11.3 Å². The molecule has 0 atom stereocenters. The second kappa shape index (κ2) is 7.02. The minimum atomic E-state index is -0.536. The van der Waals surface area contributed by atoms with Crippen LogP contribution in [0.3, 0.4) is 0 Å². The molecule has 0 fully saturated rings. The lowest BCUT2D eigenvalue weighted by molar-refractivity contribution is -0.383. The van der Waals surface area contributed by atoms with E-state index in [1.807, 2.05) is 0 Å². The van der Waals surface area contributed by atoms with Crippen molar-refractivity contribution in [1.29, 1.82) is 0 Å². The first-order valence-corrected chi connectivity index (χ1v) is 8.82. The molecular weight excluding hydrogens is 396 g/mol. The molecule has 0 aliphatic heterocycles. The van der Waals surface area contributed by atoms with E-state index in [1.54, 1.807) is 38.4 Å². The first-order valence-electron chi connectivity index (χ1n) is 8.44. The minimum Gasteiger partial charge on any atom is -0.343 e. The Morgan fingerprint density at radius 1 is 1.14 bits per heavy atom. The molecule has 0 radical (unpaired) electrons. The predicted octanol–water partition coefficient (Wildman–Crippen LogP) is 3.50. The van der Waals surface area contributed by atoms with Crippen LogP contribution in [0.4, 0.5) is 5.69 Å². The smallest absolute Gasteiger partial charge is 0.298 e. The second-order valence-electron chi connectivity index (χ2n) is 6.44. The Hall–Kier alpha value is -3.72. The van der Waals surface area contributed by atoms with Crippen LogP contribution in [0.25, 0.3) is 33.1 Å². The molecule has 0 spiro atoms. The summed E-state index contributed by atoms with van der Waals surface area (Å²) >= 11 is 6.38. The van der Waals surface area contributed by atoms with Gasteiger partial charge in [-0.25, -0.2) is 4.98 Å². The third kappa shape index (κ3) is 3.11. The van der Waals surface area contributed by atoms with E-state index in [2.05, 4.69) is 20.2 Å². The van der Waals surface area contributed by atoms with Crippen LogP contribution < -0.4 is 0 Å². The molecule has 4 rings (SSSR count). The highest BCUT2D eigenvalue weighted by atomic mass is 35.5. The molecule has 1 amide bonds. The average molecular weight is 409 g/mol. The van der Waals surface area contributed by atoms with Gasteiger partial charge in [-0.1, -0.05) is 29.8 Å². The van der Waals surface area contributed by atoms with Gasteiger partial charge in [0.25, 0.3) is 11.6 Å². The summed E-state index contributed by atoms with van der Waals surface area (Å²) in [6.07, 6.45) is 2.74.